The molecule has 0 fully saturated rings. The van der Waals surface area contributed by atoms with E-state index in [1.807, 2.05) is 11.7 Å². The van der Waals surface area contributed by atoms with Crippen molar-refractivity contribution in [2.75, 3.05) is 13.2 Å². The van der Waals surface area contributed by atoms with Gasteiger partial charge in [-0.15, -0.1) is 0 Å². The summed E-state index contributed by atoms with van der Waals surface area (Å²) in [5.74, 6) is 0.478. The number of halogens is 1. The van der Waals surface area contributed by atoms with Crippen molar-refractivity contribution in [2.45, 2.75) is 59.6 Å². The molecule has 1 rings (SSSR count). The van der Waals surface area contributed by atoms with Crippen molar-refractivity contribution >= 4 is 15.9 Å². The molecule has 21 heavy (non-hydrogen) atoms. The van der Waals surface area contributed by atoms with Crippen LogP contribution in [0.4, 0.5) is 0 Å². The van der Waals surface area contributed by atoms with Crippen LogP contribution in [0.25, 0.3) is 0 Å². The van der Waals surface area contributed by atoms with E-state index < -0.39 is 0 Å². The molecule has 0 bridgehead atoms. The molecule has 0 saturated heterocycles. The van der Waals surface area contributed by atoms with Crippen LogP contribution in [-0.2, 0) is 24.6 Å². The molecule has 0 spiro atoms. The van der Waals surface area contributed by atoms with Gasteiger partial charge in [0.1, 0.15) is 0 Å². The van der Waals surface area contributed by atoms with Crippen molar-refractivity contribution in [2.24, 2.45) is 13.0 Å². The van der Waals surface area contributed by atoms with Gasteiger partial charge in [0.25, 0.3) is 0 Å². The SMILES string of the molecule is CCNC(Cc1c(Br)c(CC)nn1C)C(OCC)C(C)C. The molecule has 5 heteroatoms. The first-order valence-electron chi connectivity index (χ1n) is 8.01. The number of nitrogens with one attached hydrogen (secondary N) is 1. The third-order valence-corrected chi connectivity index (χ3v) is 4.71. The van der Waals surface area contributed by atoms with E-state index in [1.54, 1.807) is 0 Å². The Morgan fingerprint density at radius 3 is 2.38 bits per heavy atom. The standard InChI is InChI=1S/C16H30BrN3O/c1-7-12-15(17)14(20(6)19-12)10-13(18-8-2)16(11(4)5)21-9-3/h11,13,16,18H,7-10H2,1-6H3. The van der Waals surface area contributed by atoms with E-state index in [9.17, 15) is 0 Å². The van der Waals surface area contributed by atoms with Gasteiger partial charge >= 0.3 is 0 Å². The topological polar surface area (TPSA) is 39.1 Å². The minimum absolute atomic E-state index is 0.210. The first-order chi connectivity index (χ1) is 9.96. The van der Waals surface area contributed by atoms with E-state index in [4.69, 9.17) is 4.74 Å². The average Bonchev–Trinajstić information content (AvgIpc) is 2.71. The lowest BCUT2D eigenvalue weighted by atomic mass is 9.95. The average molecular weight is 360 g/mol. The van der Waals surface area contributed by atoms with Gasteiger partial charge < -0.3 is 10.1 Å². The molecule has 0 aliphatic carbocycles. The minimum atomic E-state index is 0.210. The number of rotatable bonds is 9. The lowest BCUT2D eigenvalue weighted by molar-refractivity contribution is 0.00353. The Morgan fingerprint density at radius 2 is 1.95 bits per heavy atom. The highest BCUT2D eigenvalue weighted by Gasteiger charge is 2.27. The number of nitrogens with zero attached hydrogens (tertiary/aromatic N) is 2. The molecular weight excluding hydrogens is 330 g/mol. The molecule has 0 saturated carbocycles. The van der Waals surface area contributed by atoms with E-state index in [1.165, 1.54) is 5.69 Å². The maximum absolute atomic E-state index is 6.00. The van der Waals surface area contributed by atoms with Crippen LogP contribution in [0, 0.1) is 5.92 Å². The fourth-order valence-electron chi connectivity index (χ4n) is 2.78. The number of likely N-dealkylation sites (N-methyl/N-ethyl adjacent to an activating group) is 1. The number of hydrogen-bond donors (Lipinski definition) is 1. The Bertz CT molecular complexity index is 431. The summed E-state index contributed by atoms with van der Waals surface area (Å²) >= 11 is 3.72. The third kappa shape index (κ3) is 4.80. The van der Waals surface area contributed by atoms with Crippen molar-refractivity contribution in [3.8, 4) is 0 Å². The number of ether oxygens (including phenoxy) is 1. The van der Waals surface area contributed by atoms with Gasteiger partial charge in [-0.2, -0.15) is 5.10 Å². The van der Waals surface area contributed by atoms with Crippen LogP contribution in [0.2, 0.25) is 0 Å². The Labute approximate surface area is 137 Å². The number of hydrogen-bond acceptors (Lipinski definition) is 3. The Hall–Kier alpha value is -0.390. The Morgan fingerprint density at radius 1 is 1.29 bits per heavy atom. The van der Waals surface area contributed by atoms with Gasteiger partial charge in [0.2, 0.25) is 0 Å². The summed E-state index contributed by atoms with van der Waals surface area (Å²) in [5.41, 5.74) is 2.36. The smallest absolute Gasteiger partial charge is 0.0766 e. The Balaban J connectivity index is 2.99. The molecule has 4 nitrogen and oxygen atoms in total. The summed E-state index contributed by atoms with van der Waals surface area (Å²) in [5, 5.41) is 8.19. The second-order valence-electron chi connectivity index (χ2n) is 5.72. The second-order valence-corrected chi connectivity index (χ2v) is 6.51. The molecule has 1 aromatic rings. The normalized spacial score (nSPS) is 14.7. The summed E-state index contributed by atoms with van der Waals surface area (Å²) in [6, 6.07) is 0.298. The van der Waals surface area contributed by atoms with Gasteiger partial charge in [0, 0.05) is 26.1 Å². The number of aryl methyl sites for hydroxylation is 2. The molecule has 1 aromatic heterocycles. The van der Waals surface area contributed by atoms with Crippen LogP contribution >= 0.6 is 15.9 Å². The van der Waals surface area contributed by atoms with Gasteiger partial charge in [0.05, 0.1) is 22.0 Å². The van der Waals surface area contributed by atoms with Crippen molar-refractivity contribution in [3.63, 3.8) is 0 Å². The summed E-state index contributed by atoms with van der Waals surface area (Å²) < 4.78 is 9.14. The van der Waals surface area contributed by atoms with Gasteiger partial charge in [0.15, 0.2) is 0 Å². The lowest BCUT2D eigenvalue weighted by Gasteiger charge is -2.30. The number of aromatic nitrogens is 2. The van der Waals surface area contributed by atoms with Crippen LogP contribution in [0.1, 0.15) is 46.0 Å². The predicted octanol–water partition coefficient (Wildman–Crippen LogP) is 3.33. The van der Waals surface area contributed by atoms with Gasteiger partial charge in [-0.25, -0.2) is 0 Å². The molecule has 0 aliphatic heterocycles. The molecule has 0 amide bonds. The highest BCUT2D eigenvalue weighted by atomic mass is 79.9. The van der Waals surface area contributed by atoms with Crippen LogP contribution in [0.3, 0.4) is 0 Å². The van der Waals surface area contributed by atoms with Crippen molar-refractivity contribution in [3.05, 3.63) is 15.9 Å². The summed E-state index contributed by atoms with van der Waals surface area (Å²) in [7, 11) is 2.02. The molecule has 0 radical (unpaired) electrons. The van der Waals surface area contributed by atoms with Crippen LogP contribution in [0.5, 0.6) is 0 Å². The molecule has 122 valence electrons. The van der Waals surface area contributed by atoms with Gasteiger partial charge in [-0.05, 0) is 41.7 Å². The van der Waals surface area contributed by atoms with E-state index in [0.717, 1.165) is 36.2 Å². The molecule has 0 aromatic carbocycles. The molecule has 1 heterocycles. The third-order valence-electron chi connectivity index (χ3n) is 3.80. The summed E-state index contributed by atoms with van der Waals surface area (Å²) in [4.78, 5) is 0. The molecule has 1 N–H and O–H groups in total. The highest BCUT2D eigenvalue weighted by molar-refractivity contribution is 9.10. The molecule has 2 unspecified atom stereocenters. The molecular formula is C16H30BrN3O. The van der Waals surface area contributed by atoms with Crippen molar-refractivity contribution in [1.82, 2.24) is 15.1 Å². The van der Waals surface area contributed by atoms with E-state index >= 15 is 0 Å². The minimum Gasteiger partial charge on any atom is -0.377 e. The highest BCUT2D eigenvalue weighted by Crippen LogP contribution is 2.25. The van der Waals surface area contributed by atoms with Crippen LogP contribution in [0.15, 0.2) is 4.47 Å². The zero-order chi connectivity index (χ0) is 16.0. The molecule has 2 atom stereocenters. The van der Waals surface area contributed by atoms with Crippen LogP contribution < -0.4 is 5.32 Å². The first kappa shape index (κ1) is 18.7. The van der Waals surface area contributed by atoms with Gasteiger partial charge in [-0.3, -0.25) is 4.68 Å². The van der Waals surface area contributed by atoms with Crippen molar-refractivity contribution < 1.29 is 4.74 Å². The quantitative estimate of drug-likeness (QED) is 0.734. The first-order valence-corrected chi connectivity index (χ1v) is 8.80. The lowest BCUT2D eigenvalue weighted by Crippen LogP contribution is -2.46. The zero-order valence-corrected chi connectivity index (χ0v) is 15.8. The fraction of sp³-hybridized carbons (Fsp3) is 0.812. The van der Waals surface area contributed by atoms with Crippen LogP contribution in [-0.4, -0.2) is 35.1 Å². The monoisotopic (exact) mass is 359 g/mol. The second kappa shape index (κ2) is 8.91. The Kier molecular flexibility index (Phi) is 7.92. The maximum atomic E-state index is 6.00. The van der Waals surface area contributed by atoms with E-state index in [0.29, 0.717) is 12.0 Å². The van der Waals surface area contributed by atoms with E-state index in [2.05, 4.69) is 61.0 Å². The largest absolute Gasteiger partial charge is 0.377 e. The maximum Gasteiger partial charge on any atom is 0.0766 e. The van der Waals surface area contributed by atoms with E-state index in [-0.39, 0.29) is 6.10 Å². The van der Waals surface area contributed by atoms with Crippen molar-refractivity contribution in [1.29, 1.82) is 0 Å². The fourth-order valence-corrected chi connectivity index (χ4v) is 3.56. The predicted molar refractivity (Wildman–Crippen MR) is 91.7 cm³/mol. The summed E-state index contributed by atoms with van der Waals surface area (Å²) in [6.07, 6.45) is 2.07. The summed E-state index contributed by atoms with van der Waals surface area (Å²) in [6.45, 7) is 12.5. The zero-order valence-electron chi connectivity index (χ0n) is 14.2. The molecule has 0 aliphatic rings. The van der Waals surface area contributed by atoms with Gasteiger partial charge in [-0.1, -0.05) is 27.7 Å².